The van der Waals surface area contributed by atoms with Gasteiger partial charge >= 0.3 is 23.9 Å². The Morgan fingerprint density at radius 1 is 0.969 bits per heavy atom. The van der Waals surface area contributed by atoms with Crippen molar-refractivity contribution in [3.8, 4) is 5.75 Å². The number of hydrogen-bond donors (Lipinski definition) is 3. The fourth-order valence-corrected chi connectivity index (χ4v) is 3.30. The monoisotopic (exact) mass is 452 g/mol. The Morgan fingerprint density at radius 2 is 1.59 bits per heavy atom. The number of carboxylic acids is 3. The third-order valence-corrected chi connectivity index (χ3v) is 4.61. The largest absolute Gasteiger partial charge is 0.482 e. The molecule has 0 radical (unpaired) electrons. The van der Waals surface area contributed by atoms with Crippen molar-refractivity contribution in [2.45, 2.75) is 64.9 Å². The van der Waals surface area contributed by atoms with Crippen LogP contribution in [0.2, 0.25) is 0 Å². The van der Waals surface area contributed by atoms with E-state index in [4.69, 9.17) is 19.7 Å². The van der Waals surface area contributed by atoms with Crippen LogP contribution in [0.4, 0.5) is 0 Å². The summed E-state index contributed by atoms with van der Waals surface area (Å²) >= 11 is 0. The summed E-state index contributed by atoms with van der Waals surface area (Å²) in [7, 11) is 0. The van der Waals surface area contributed by atoms with Gasteiger partial charge in [-0.15, -0.1) is 0 Å². The van der Waals surface area contributed by atoms with Crippen LogP contribution in [0.5, 0.6) is 5.75 Å². The Bertz CT molecular complexity index is 778. The Morgan fingerprint density at radius 3 is 2.09 bits per heavy atom. The van der Waals surface area contributed by atoms with Crippen molar-refractivity contribution in [3.05, 3.63) is 29.8 Å². The fourth-order valence-electron chi connectivity index (χ4n) is 3.30. The van der Waals surface area contributed by atoms with Gasteiger partial charge in [-0.1, -0.05) is 12.1 Å². The molecule has 0 spiro atoms. The molecule has 1 rings (SSSR count). The lowest BCUT2D eigenvalue weighted by atomic mass is 9.84. The van der Waals surface area contributed by atoms with E-state index in [0.29, 0.717) is 25.0 Å². The molecule has 0 aromatic heterocycles. The van der Waals surface area contributed by atoms with Crippen molar-refractivity contribution in [2.75, 3.05) is 6.61 Å². The summed E-state index contributed by atoms with van der Waals surface area (Å²) in [6, 6.07) is 6.76. The number of esters is 1. The van der Waals surface area contributed by atoms with Crippen LogP contribution in [0.1, 0.15) is 58.4 Å². The summed E-state index contributed by atoms with van der Waals surface area (Å²) in [6.45, 7) is 4.67. The predicted octanol–water partition coefficient (Wildman–Crippen LogP) is 3.39. The molecule has 0 aliphatic rings. The molecular weight excluding hydrogens is 420 g/mol. The Hall–Kier alpha value is -3.10. The zero-order valence-electron chi connectivity index (χ0n) is 18.7. The van der Waals surface area contributed by atoms with E-state index in [1.807, 2.05) is 0 Å². The van der Waals surface area contributed by atoms with Crippen LogP contribution >= 0.6 is 0 Å². The number of carboxylic acid groups (broad SMARTS) is 3. The van der Waals surface area contributed by atoms with Gasteiger partial charge < -0.3 is 24.8 Å². The van der Waals surface area contributed by atoms with Crippen LogP contribution in [0.15, 0.2) is 24.3 Å². The van der Waals surface area contributed by atoms with Crippen LogP contribution < -0.4 is 4.74 Å². The van der Waals surface area contributed by atoms with Crippen molar-refractivity contribution in [2.24, 2.45) is 11.8 Å². The first-order valence-electron chi connectivity index (χ1n) is 10.5. The zero-order chi connectivity index (χ0) is 24.3. The van der Waals surface area contributed by atoms with Crippen LogP contribution in [0, 0.1) is 11.8 Å². The summed E-state index contributed by atoms with van der Waals surface area (Å²) in [5.41, 5.74) is 0.153. The van der Waals surface area contributed by atoms with Crippen molar-refractivity contribution < 1.29 is 44.0 Å². The molecule has 9 heteroatoms. The Kier molecular flexibility index (Phi) is 10.7. The first-order valence-corrected chi connectivity index (χ1v) is 10.5. The van der Waals surface area contributed by atoms with E-state index in [9.17, 15) is 24.3 Å². The highest BCUT2D eigenvalue weighted by Gasteiger charge is 2.28. The van der Waals surface area contributed by atoms with Crippen molar-refractivity contribution >= 4 is 23.9 Å². The topological polar surface area (TPSA) is 147 Å². The zero-order valence-corrected chi connectivity index (χ0v) is 18.7. The van der Waals surface area contributed by atoms with E-state index < -0.39 is 42.0 Å². The van der Waals surface area contributed by atoms with Gasteiger partial charge in [0.15, 0.2) is 6.61 Å². The number of aliphatic carboxylic acids is 3. The van der Waals surface area contributed by atoms with Gasteiger partial charge in [0.1, 0.15) is 11.4 Å². The van der Waals surface area contributed by atoms with Gasteiger partial charge in [0.2, 0.25) is 0 Å². The smallest absolute Gasteiger partial charge is 0.341 e. The molecule has 178 valence electrons. The first kappa shape index (κ1) is 26.9. The molecule has 0 saturated carbocycles. The van der Waals surface area contributed by atoms with Gasteiger partial charge in [0.25, 0.3) is 0 Å². The van der Waals surface area contributed by atoms with E-state index in [-0.39, 0.29) is 25.2 Å². The minimum Gasteiger partial charge on any atom is -0.482 e. The number of carbonyl (C=O) groups excluding carboxylic acids is 1. The lowest BCUT2D eigenvalue weighted by Gasteiger charge is -2.23. The number of hydrogen-bond acceptors (Lipinski definition) is 6. The quantitative estimate of drug-likeness (QED) is 0.361. The predicted molar refractivity (Wildman–Crippen MR) is 114 cm³/mol. The maximum atomic E-state index is 12.1. The molecule has 0 saturated heterocycles. The molecule has 0 fully saturated rings. The number of ether oxygens (including phenoxy) is 2. The molecular formula is C23H32O9. The fraction of sp³-hybridized carbons (Fsp3) is 0.565. The molecule has 2 unspecified atom stereocenters. The molecule has 1 aromatic carbocycles. The molecule has 2 atom stereocenters. The third-order valence-electron chi connectivity index (χ3n) is 4.61. The van der Waals surface area contributed by atoms with Gasteiger partial charge in [-0.3, -0.25) is 14.4 Å². The summed E-state index contributed by atoms with van der Waals surface area (Å²) in [5, 5.41) is 27.2. The summed E-state index contributed by atoms with van der Waals surface area (Å²) < 4.78 is 10.4. The van der Waals surface area contributed by atoms with E-state index in [1.165, 1.54) is 0 Å². The maximum Gasteiger partial charge on any atom is 0.341 e. The standard InChI is InChI=1S/C23H32O9/c1-23(2,3)32-21(28)13-17(22(29)30)12-16(5-4-6-19(24)25)11-15-7-9-18(10-8-15)31-14-20(26)27/h7-10,16-17H,4-6,11-14H2,1-3H3,(H,24,25)(H,26,27)(H,29,30). The second-order valence-corrected chi connectivity index (χ2v) is 8.74. The molecule has 1 aromatic rings. The molecule has 0 aliphatic heterocycles. The second kappa shape index (κ2) is 12.7. The van der Waals surface area contributed by atoms with Crippen LogP contribution in [-0.2, 0) is 30.3 Å². The van der Waals surface area contributed by atoms with Crippen LogP contribution in [0.25, 0.3) is 0 Å². The molecule has 0 amide bonds. The second-order valence-electron chi connectivity index (χ2n) is 8.74. The van der Waals surface area contributed by atoms with Gasteiger partial charge in [-0.05, 0) is 70.1 Å². The van der Waals surface area contributed by atoms with E-state index in [1.54, 1.807) is 45.0 Å². The van der Waals surface area contributed by atoms with E-state index in [2.05, 4.69) is 0 Å². The molecule has 9 nitrogen and oxygen atoms in total. The Balaban J connectivity index is 2.86. The van der Waals surface area contributed by atoms with Crippen molar-refractivity contribution in [3.63, 3.8) is 0 Å². The van der Waals surface area contributed by atoms with Gasteiger partial charge in [0, 0.05) is 6.42 Å². The average Bonchev–Trinajstić information content (AvgIpc) is 2.64. The van der Waals surface area contributed by atoms with Crippen molar-refractivity contribution in [1.29, 1.82) is 0 Å². The summed E-state index contributed by atoms with van der Waals surface area (Å²) in [6.07, 6.45) is 1.27. The number of carbonyl (C=O) groups is 4. The highest BCUT2D eigenvalue weighted by Crippen LogP contribution is 2.27. The Labute approximate surface area is 187 Å². The normalized spacial score (nSPS) is 13.1. The molecule has 32 heavy (non-hydrogen) atoms. The lowest BCUT2D eigenvalue weighted by Crippen LogP contribution is -2.28. The highest BCUT2D eigenvalue weighted by molar-refractivity contribution is 5.79. The van der Waals surface area contributed by atoms with Gasteiger partial charge in [-0.2, -0.15) is 0 Å². The highest BCUT2D eigenvalue weighted by atomic mass is 16.6. The van der Waals surface area contributed by atoms with Gasteiger partial charge in [0.05, 0.1) is 12.3 Å². The van der Waals surface area contributed by atoms with Crippen LogP contribution in [-0.4, -0.2) is 51.4 Å². The summed E-state index contributed by atoms with van der Waals surface area (Å²) in [4.78, 5) is 45.4. The number of benzene rings is 1. The average molecular weight is 453 g/mol. The van der Waals surface area contributed by atoms with Crippen molar-refractivity contribution in [1.82, 2.24) is 0 Å². The van der Waals surface area contributed by atoms with Crippen LogP contribution in [0.3, 0.4) is 0 Å². The molecule has 3 N–H and O–H groups in total. The molecule has 0 aliphatic carbocycles. The SMILES string of the molecule is CC(C)(C)OC(=O)CC(CC(CCCC(=O)O)Cc1ccc(OCC(=O)O)cc1)C(=O)O. The van der Waals surface area contributed by atoms with E-state index in [0.717, 1.165) is 5.56 Å². The number of rotatable bonds is 14. The molecule has 0 bridgehead atoms. The first-order chi connectivity index (χ1) is 14.9. The lowest BCUT2D eigenvalue weighted by molar-refractivity contribution is -0.160. The maximum absolute atomic E-state index is 12.1. The minimum absolute atomic E-state index is 0.0255. The summed E-state index contributed by atoms with van der Waals surface area (Å²) in [5.74, 6) is -4.41. The minimum atomic E-state index is -1.10. The van der Waals surface area contributed by atoms with Gasteiger partial charge in [-0.25, -0.2) is 4.79 Å². The van der Waals surface area contributed by atoms with E-state index >= 15 is 0 Å². The molecule has 0 heterocycles. The third kappa shape index (κ3) is 11.9.